The number of carbonyl (C=O) groups is 1. The van der Waals surface area contributed by atoms with Crippen LogP contribution in [0.15, 0.2) is 71.1 Å². The molecular formula is C20H15NO2. The van der Waals surface area contributed by atoms with Gasteiger partial charge in [-0.05, 0) is 43.3 Å². The number of para-hydroxylation sites is 1. The number of fused-ring (bicyclic) bond motifs is 3. The lowest BCUT2D eigenvalue weighted by molar-refractivity contribution is 0.102. The third-order valence-electron chi connectivity index (χ3n) is 3.95. The second-order valence-electron chi connectivity index (χ2n) is 5.63. The summed E-state index contributed by atoms with van der Waals surface area (Å²) in [6.07, 6.45) is 0. The summed E-state index contributed by atoms with van der Waals surface area (Å²) in [6, 6.07) is 21.1. The molecule has 3 aromatic carbocycles. The van der Waals surface area contributed by atoms with Crippen LogP contribution in [0.1, 0.15) is 15.9 Å². The van der Waals surface area contributed by atoms with Crippen LogP contribution in [0.25, 0.3) is 21.9 Å². The molecule has 0 bridgehead atoms. The largest absolute Gasteiger partial charge is 0.456 e. The van der Waals surface area contributed by atoms with Crippen LogP contribution in [-0.4, -0.2) is 5.91 Å². The molecule has 1 N–H and O–H groups in total. The summed E-state index contributed by atoms with van der Waals surface area (Å²) in [5, 5.41) is 5.00. The summed E-state index contributed by atoms with van der Waals surface area (Å²) < 4.78 is 5.80. The van der Waals surface area contributed by atoms with Crippen LogP contribution in [-0.2, 0) is 0 Å². The van der Waals surface area contributed by atoms with E-state index in [1.165, 1.54) is 0 Å². The van der Waals surface area contributed by atoms with Gasteiger partial charge < -0.3 is 9.73 Å². The van der Waals surface area contributed by atoms with E-state index in [1.807, 2.05) is 73.7 Å². The molecule has 1 heterocycles. The Kier molecular flexibility index (Phi) is 3.12. The van der Waals surface area contributed by atoms with Crippen molar-refractivity contribution in [3.63, 3.8) is 0 Å². The molecule has 3 heteroatoms. The highest BCUT2D eigenvalue weighted by molar-refractivity contribution is 6.09. The highest BCUT2D eigenvalue weighted by atomic mass is 16.3. The molecule has 112 valence electrons. The Labute approximate surface area is 133 Å². The molecule has 0 fully saturated rings. The molecule has 1 amide bonds. The van der Waals surface area contributed by atoms with Crippen molar-refractivity contribution in [1.29, 1.82) is 0 Å². The number of hydrogen-bond acceptors (Lipinski definition) is 2. The summed E-state index contributed by atoms with van der Waals surface area (Å²) in [5.74, 6) is -0.114. The van der Waals surface area contributed by atoms with Crippen LogP contribution in [0.2, 0.25) is 0 Å². The van der Waals surface area contributed by atoms with Crippen molar-refractivity contribution in [1.82, 2.24) is 0 Å². The number of anilines is 1. The number of aryl methyl sites for hydroxylation is 1. The lowest BCUT2D eigenvalue weighted by Gasteiger charge is -2.05. The second-order valence-corrected chi connectivity index (χ2v) is 5.63. The van der Waals surface area contributed by atoms with Crippen molar-refractivity contribution < 1.29 is 9.21 Å². The van der Waals surface area contributed by atoms with Gasteiger partial charge in [-0.2, -0.15) is 0 Å². The van der Waals surface area contributed by atoms with Gasteiger partial charge in [-0.3, -0.25) is 4.79 Å². The lowest BCUT2D eigenvalue weighted by atomic mass is 10.1. The molecule has 3 nitrogen and oxygen atoms in total. The van der Waals surface area contributed by atoms with Gasteiger partial charge in [0.25, 0.3) is 5.91 Å². The van der Waals surface area contributed by atoms with Gasteiger partial charge in [-0.15, -0.1) is 0 Å². The minimum atomic E-state index is -0.114. The fraction of sp³-hybridized carbons (Fsp3) is 0.0500. The first-order valence-electron chi connectivity index (χ1n) is 7.50. The standard InChI is InChI=1S/C20H15NO2/c1-13-6-8-14(9-7-13)20(22)21-15-10-11-19-17(12-15)16-4-2-3-5-18(16)23-19/h2-12H,1H3,(H,21,22). The van der Waals surface area contributed by atoms with Crippen molar-refractivity contribution in [3.05, 3.63) is 77.9 Å². The van der Waals surface area contributed by atoms with E-state index < -0.39 is 0 Å². The lowest BCUT2D eigenvalue weighted by Crippen LogP contribution is -2.11. The highest BCUT2D eigenvalue weighted by Gasteiger charge is 2.09. The average molecular weight is 301 g/mol. The molecule has 0 aliphatic heterocycles. The van der Waals surface area contributed by atoms with E-state index >= 15 is 0 Å². The van der Waals surface area contributed by atoms with Crippen molar-refractivity contribution in [2.45, 2.75) is 6.92 Å². The maximum atomic E-state index is 12.3. The number of benzene rings is 3. The topological polar surface area (TPSA) is 42.2 Å². The van der Waals surface area contributed by atoms with Gasteiger partial charge in [-0.1, -0.05) is 35.9 Å². The van der Waals surface area contributed by atoms with Crippen LogP contribution in [0.3, 0.4) is 0 Å². The van der Waals surface area contributed by atoms with Gasteiger partial charge in [-0.25, -0.2) is 0 Å². The van der Waals surface area contributed by atoms with Gasteiger partial charge >= 0.3 is 0 Å². The zero-order valence-electron chi connectivity index (χ0n) is 12.7. The maximum absolute atomic E-state index is 12.3. The van der Waals surface area contributed by atoms with Gasteiger partial charge in [0.2, 0.25) is 0 Å². The molecule has 4 aromatic rings. The minimum absolute atomic E-state index is 0.114. The summed E-state index contributed by atoms with van der Waals surface area (Å²) >= 11 is 0. The van der Waals surface area contributed by atoms with E-state index in [2.05, 4.69) is 5.32 Å². The number of amides is 1. The third-order valence-corrected chi connectivity index (χ3v) is 3.95. The number of hydrogen-bond donors (Lipinski definition) is 1. The van der Waals surface area contributed by atoms with E-state index in [0.717, 1.165) is 33.2 Å². The van der Waals surface area contributed by atoms with Gasteiger partial charge in [0.15, 0.2) is 0 Å². The Bertz CT molecular complexity index is 1010. The van der Waals surface area contributed by atoms with E-state index in [-0.39, 0.29) is 5.91 Å². The van der Waals surface area contributed by atoms with E-state index in [0.29, 0.717) is 5.56 Å². The smallest absolute Gasteiger partial charge is 0.255 e. The number of furan rings is 1. The molecule has 4 rings (SSSR count). The molecule has 1 aromatic heterocycles. The predicted molar refractivity (Wildman–Crippen MR) is 92.9 cm³/mol. The van der Waals surface area contributed by atoms with Crippen molar-refractivity contribution in [3.8, 4) is 0 Å². The highest BCUT2D eigenvalue weighted by Crippen LogP contribution is 2.30. The number of nitrogens with one attached hydrogen (secondary N) is 1. The van der Waals surface area contributed by atoms with Crippen molar-refractivity contribution >= 4 is 33.5 Å². The summed E-state index contributed by atoms with van der Waals surface area (Å²) in [6.45, 7) is 2.00. The van der Waals surface area contributed by atoms with Crippen LogP contribution in [0.4, 0.5) is 5.69 Å². The zero-order valence-corrected chi connectivity index (χ0v) is 12.7. The zero-order chi connectivity index (χ0) is 15.8. The van der Waals surface area contributed by atoms with Crippen molar-refractivity contribution in [2.75, 3.05) is 5.32 Å². The predicted octanol–water partition coefficient (Wildman–Crippen LogP) is 5.15. The monoisotopic (exact) mass is 301 g/mol. The summed E-state index contributed by atoms with van der Waals surface area (Å²) in [7, 11) is 0. The van der Waals surface area contributed by atoms with E-state index in [1.54, 1.807) is 0 Å². The average Bonchev–Trinajstić information content (AvgIpc) is 2.93. The first-order valence-corrected chi connectivity index (χ1v) is 7.50. The first-order chi connectivity index (χ1) is 11.2. The minimum Gasteiger partial charge on any atom is -0.456 e. The fourth-order valence-electron chi connectivity index (χ4n) is 2.71. The van der Waals surface area contributed by atoms with Gasteiger partial charge in [0, 0.05) is 22.0 Å². The number of carbonyl (C=O) groups excluding carboxylic acids is 1. The van der Waals surface area contributed by atoms with Crippen LogP contribution in [0.5, 0.6) is 0 Å². The fourth-order valence-corrected chi connectivity index (χ4v) is 2.71. The normalized spacial score (nSPS) is 11.0. The third kappa shape index (κ3) is 2.46. The summed E-state index contributed by atoms with van der Waals surface area (Å²) in [4.78, 5) is 12.3. The van der Waals surface area contributed by atoms with Crippen LogP contribution < -0.4 is 5.32 Å². The first kappa shape index (κ1) is 13.6. The Morgan fingerprint density at radius 2 is 1.61 bits per heavy atom. The molecule has 0 spiro atoms. The number of rotatable bonds is 2. The molecule has 23 heavy (non-hydrogen) atoms. The second kappa shape index (κ2) is 5.29. The molecule has 0 aliphatic carbocycles. The molecular weight excluding hydrogens is 286 g/mol. The van der Waals surface area contributed by atoms with Crippen LogP contribution in [0, 0.1) is 6.92 Å². The Morgan fingerprint density at radius 1 is 0.870 bits per heavy atom. The quantitative estimate of drug-likeness (QED) is 0.556. The Balaban J connectivity index is 1.70. The molecule has 0 saturated carbocycles. The van der Waals surface area contributed by atoms with Crippen molar-refractivity contribution in [2.24, 2.45) is 0 Å². The van der Waals surface area contributed by atoms with Crippen LogP contribution >= 0.6 is 0 Å². The van der Waals surface area contributed by atoms with Gasteiger partial charge in [0.05, 0.1) is 0 Å². The summed E-state index contributed by atoms with van der Waals surface area (Å²) in [5.41, 5.74) is 4.21. The van der Waals surface area contributed by atoms with E-state index in [4.69, 9.17) is 4.42 Å². The Hall–Kier alpha value is -3.07. The van der Waals surface area contributed by atoms with Gasteiger partial charge in [0.1, 0.15) is 11.2 Å². The SMILES string of the molecule is Cc1ccc(C(=O)Nc2ccc3oc4ccccc4c3c2)cc1. The Morgan fingerprint density at radius 3 is 2.43 bits per heavy atom. The molecule has 0 aliphatic rings. The molecule has 0 radical (unpaired) electrons. The molecule has 0 unspecified atom stereocenters. The maximum Gasteiger partial charge on any atom is 0.255 e. The molecule has 0 atom stereocenters. The molecule has 0 saturated heterocycles. The van der Waals surface area contributed by atoms with E-state index in [9.17, 15) is 4.79 Å².